The Morgan fingerprint density at radius 2 is 1.17 bits per heavy atom. The fraction of sp³-hybridized carbons (Fsp3) is 0.154. The molecule has 0 saturated heterocycles. The molecular weight excluding hydrogens is 588 g/mol. The number of esters is 2. The van der Waals surface area contributed by atoms with E-state index < -0.39 is 70.6 Å². The molecule has 0 bridgehead atoms. The highest BCUT2D eigenvalue weighted by atomic mass is 35.5. The van der Waals surface area contributed by atoms with Crippen molar-refractivity contribution in [2.75, 3.05) is 5.32 Å². The van der Waals surface area contributed by atoms with Crippen molar-refractivity contribution in [3.63, 3.8) is 0 Å². The molecule has 0 spiro atoms. The average Bonchev–Trinajstić information content (AvgIpc) is 2.90. The van der Waals surface area contributed by atoms with Crippen molar-refractivity contribution in [1.29, 1.82) is 0 Å². The smallest absolute Gasteiger partial charge is 0.416 e. The van der Waals surface area contributed by atoms with Crippen LogP contribution in [0.2, 0.25) is 5.02 Å². The maximum absolute atomic E-state index is 13.1. The van der Waals surface area contributed by atoms with Crippen LogP contribution in [-0.4, -0.2) is 41.1 Å². The summed E-state index contributed by atoms with van der Waals surface area (Å²) in [6.07, 6.45) is -15.0. The normalized spacial score (nSPS) is 13.0. The fourth-order valence-electron chi connectivity index (χ4n) is 3.27. The summed E-state index contributed by atoms with van der Waals surface area (Å²) in [5, 5.41) is 11.8. The van der Waals surface area contributed by atoms with Crippen LogP contribution in [0.15, 0.2) is 72.8 Å². The van der Waals surface area contributed by atoms with Crippen molar-refractivity contribution in [2.24, 2.45) is 0 Å². The third kappa shape index (κ3) is 7.97. The standard InChI is InChI=1S/C26H16ClF6NO7/c27-17-9-1-2-10-18(17)34-21(35)19(40-23(38)13-5-3-7-15(11-13)25(28,29)30)20(22(36)37)41-24(39)14-6-4-8-16(12-14)26(31,32)33/h1-12,19-20H,(H,34,35)(H,36,37)/t19-,20-/m0/s1. The number of nitrogens with one attached hydrogen (secondary N) is 1. The van der Waals surface area contributed by atoms with Crippen LogP contribution in [0.1, 0.15) is 31.8 Å². The highest BCUT2D eigenvalue weighted by molar-refractivity contribution is 6.33. The molecule has 0 heterocycles. The predicted molar refractivity (Wildman–Crippen MR) is 129 cm³/mol. The van der Waals surface area contributed by atoms with Crippen LogP contribution in [0.5, 0.6) is 0 Å². The van der Waals surface area contributed by atoms with Crippen molar-refractivity contribution in [1.82, 2.24) is 0 Å². The van der Waals surface area contributed by atoms with E-state index in [1.165, 1.54) is 24.3 Å². The van der Waals surface area contributed by atoms with Gasteiger partial charge in [0.2, 0.25) is 12.2 Å². The van der Waals surface area contributed by atoms with Gasteiger partial charge in [-0.25, -0.2) is 14.4 Å². The van der Waals surface area contributed by atoms with Gasteiger partial charge in [0.1, 0.15) is 0 Å². The zero-order valence-electron chi connectivity index (χ0n) is 20.1. The Morgan fingerprint density at radius 1 is 0.707 bits per heavy atom. The minimum absolute atomic E-state index is 0.0587. The number of ether oxygens (including phenoxy) is 2. The Bertz CT molecular complexity index is 1470. The van der Waals surface area contributed by atoms with Gasteiger partial charge in [-0.05, 0) is 48.5 Å². The van der Waals surface area contributed by atoms with E-state index in [0.717, 1.165) is 24.3 Å². The largest absolute Gasteiger partial charge is 0.478 e. The van der Waals surface area contributed by atoms with Crippen LogP contribution >= 0.6 is 11.6 Å². The van der Waals surface area contributed by atoms with Crippen molar-refractivity contribution in [3.05, 3.63) is 100 Å². The Morgan fingerprint density at radius 3 is 1.61 bits per heavy atom. The second kappa shape index (κ2) is 12.3. The van der Waals surface area contributed by atoms with E-state index in [1.807, 2.05) is 0 Å². The first-order valence-corrected chi connectivity index (χ1v) is 11.5. The zero-order valence-corrected chi connectivity index (χ0v) is 20.9. The number of alkyl halides is 6. The van der Waals surface area contributed by atoms with Gasteiger partial charge in [-0.15, -0.1) is 0 Å². The first-order chi connectivity index (χ1) is 19.1. The third-order valence-electron chi connectivity index (χ3n) is 5.23. The van der Waals surface area contributed by atoms with Crippen molar-refractivity contribution < 1.29 is 60.1 Å². The lowest BCUT2D eigenvalue weighted by Gasteiger charge is -2.24. The number of rotatable bonds is 8. The molecule has 2 N–H and O–H groups in total. The first kappa shape index (κ1) is 30.9. The molecule has 41 heavy (non-hydrogen) atoms. The molecule has 0 aliphatic heterocycles. The van der Waals surface area contributed by atoms with E-state index >= 15 is 0 Å². The van der Waals surface area contributed by atoms with E-state index in [4.69, 9.17) is 21.1 Å². The maximum Gasteiger partial charge on any atom is 0.416 e. The van der Waals surface area contributed by atoms with Gasteiger partial charge >= 0.3 is 30.3 Å². The van der Waals surface area contributed by atoms with Crippen molar-refractivity contribution in [2.45, 2.75) is 24.6 Å². The fourth-order valence-corrected chi connectivity index (χ4v) is 3.46. The third-order valence-corrected chi connectivity index (χ3v) is 5.56. The van der Waals surface area contributed by atoms with E-state index in [2.05, 4.69) is 5.32 Å². The number of carboxylic acids is 1. The Labute approximate surface area is 231 Å². The summed E-state index contributed by atoms with van der Waals surface area (Å²) in [7, 11) is 0. The molecular formula is C26H16ClF6NO7. The summed E-state index contributed by atoms with van der Waals surface area (Å²) in [6.45, 7) is 0. The van der Waals surface area contributed by atoms with Crippen LogP contribution in [-0.2, 0) is 31.4 Å². The van der Waals surface area contributed by atoms with Crippen LogP contribution in [0, 0.1) is 0 Å². The molecule has 2 atom stereocenters. The molecule has 8 nitrogen and oxygen atoms in total. The molecule has 3 rings (SSSR count). The van der Waals surface area contributed by atoms with Gasteiger partial charge in [-0.3, -0.25) is 4.79 Å². The molecule has 3 aromatic rings. The van der Waals surface area contributed by atoms with Crippen LogP contribution < -0.4 is 5.32 Å². The van der Waals surface area contributed by atoms with Gasteiger partial charge in [0, 0.05) is 0 Å². The predicted octanol–water partition coefficient (Wildman–Crippen LogP) is 5.85. The van der Waals surface area contributed by atoms with Crippen LogP contribution in [0.25, 0.3) is 0 Å². The molecule has 0 fully saturated rings. The Hall–Kier alpha value is -4.59. The number of para-hydroxylation sites is 1. The van der Waals surface area contributed by atoms with Gasteiger partial charge in [0.25, 0.3) is 5.91 Å². The minimum atomic E-state index is -4.87. The average molecular weight is 604 g/mol. The zero-order chi connectivity index (χ0) is 30.5. The molecule has 0 unspecified atom stereocenters. The molecule has 0 aliphatic carbocycles. The number of hydrogen-bond donors (Lipinski definition) is 2. The highest BCUT2D eigenvalue weighted by Crippen LogP contribution is 2.31. The highest BCUT2D eigenvalue weighted by Gasteiger charge is 2.42. The quantitative estimate of drug-likeness (QED) is 0.245. The molecule has 0 radical (unpaired) electrons. The second-order valence-electron chi connectivity index (χ2n) is 8.12. The van der Waals surface area contributed by atoms with Gasteiger partial charge in [0.15, 0.2) is 0 Å². The number of carbonyl (C=O) groups is 4. The summed E-state index contributed by atoms with van der Waals surface area (Å²) < 4.78 is 88.2. The molecule has 216 valence electrons. The second-order valence-corrected chi connectivity index (χ2v) is 8.52. The van der Waals surface area contributed by atoms with Crippen molar-refractivity contribution in [3.8, 4) is 0 Å². The van der Waals surface area contributed by atoms with Crippen LogP contribution in [0.3, 0.4) is 0 Å². The molecule has 0 aliphatic rings. The van der Waals surface area contributed by atoms with Gasteiger partial charge in [-0.2, -0.15) is 26.3 Å². The van der Waals surface area contributed by atoms with Crippen molar-refractivity contribution >= 4 is 41.1 Å². The van der Waals surface area contributed by atoms with E-state index in [0.29, 0.717) is 24.3 Å². The number of aliphatic carboxylic acids is 1. The topological polar surface area (TPSA) is 119 Å². The van der Waals surface area contributed by atoms with E-state index in [1.54, 1.807) is 0 Å². The lowest BCUT2D eigenvalue weighted by molar-refractivity contribution is -0.157. The number of anilines is 1. The Kier molecular flexibility index (Phi) is 9.28. The lowest BCUT2D eigenvalue weighted by Crippen LogP contribution is -2.48. The van der Waals surface area contributed by atoms with Gasteiger partial charge in [0.05, 0.1) is 33.0 Å². The summed E-state index contributed by atoms with van der Waals surface area (Å²) in [6, 6.07) is 10.9. The van der Waals surface area contributed by atoms with Gasteiger partial charge < -0.3 is 19.9 Å². The maximum atomic E-state index is 13.1. The summed E-state index contributed by atoms with van der Waals surface area (Å²) >= 11 is 5.97. The number of carboxylic acid groups (broad SMARTS) is 1. The number of hydrogen-bond acceptors (Lipinski definition) is 6. The minimum Gasteiger partial charge on any atom is -0.478 e. The number of carbonyl (C=O) groups excluding carboxylic acids is 3. The van der Waals surface area contributed by atoms with Crippen LogP contribution in [0.4, 0.5) is 32.0 Å². The summed E-state index contributed by atoms with van der Waals surface area (Å²) in [5.41, 5.74) is -4.17. The first-order valence-electron chi connectivity index (χ1n) is 11.1. The lowest BCUT2D eigenvalue weighted by atomic mass is 10.1. The SMILES string of the molecule is O=C(O[C@H](C(=O)O)[C@H](OC(=O)c1cccc(C(F)(F)F)c1)C(=O)Nc1ccccc1Cl)c1cccc(C(F)(F)F)c1. The number of halogens is 7. The summed E-state index contributed by atoms with van der Waals surface area (Å²) in [5.74, 6) is -6.78. The van der Waals surface area contributed by atoms with E-state index in [9.17, 15) is 50.6 Å². The molecule has 3 aromatic carbocycles. The molecule has 0 saturated carbocycles. The number of amides is 1. The monoisotopic (exact) mass is 603 g/mol. The summed E-state index contributed by atoms with van der Waals surface area (Å²) in [4.78, 5) is 50.5. The van der Waals surface area contributed by atoms with E-state index in [-0.39, 0.29) is 10.7 Å². The molecule has 15 heteroatoms. The molecule has 1 amide bonds. The number of benzene rings is 3. The molecule has 0 aromatic heterocycles. The Balaban J connectivity index is 1.98. The van der Waals surface area contributed by atoms with Gasteiger partial charge in [-0.1, -0.05) is 35.9 Å².